The van der Waals surface area contributed by atoms with E-state index in [2.05, 4.69) is 32.9 Å². The number of thiazole rings is 1. The van der Waals surface area contributed by atoms with Crippen LogP contribution >= 0.6 is 27.3 Å². The van der Waals surface area contributed by atoms with Crippen LogP contribution in [-0.4, -0.2) is 19.9 Å². The molecule has 2 heterocycles. The Balaban J connectivity index is 2.35. The molecule has 1 N–H and O–H groups in total. The van der Waals surface area contributed by atoms with Crippen molar-refractivity contribution < 1.29 is 5.11 Å². The Morgan fingerprint density at radius 3 is 3.06 bits per heavy atom. The first-order valence-corrected chi connectivity index (χ1v) is 6.75. The molecular formula is C10H12BrN3OS. The van der Waals surface area contributed by atoms with Crippen molar-refractivity contribution in [1.82, 2.24) is 14.8 Å². The second-order valence-electron chi connectivity index (χ2n) is 3.42. The second kappa shape index (κ2) is 5.07. The van der Waals surface area contributed by atoms with Crippen LogP contribution in [-0.2, 0) is 6.54 Å². The molecule has 1 atom stereocenters. The second-order valence-corrected chi connectivity index (χ2v) is 4.99. The molecule has 6 heteroatoms. The fraction of sp³-hybridized carbons (Fsp3) is 0.400. The van der Waals surface area contributed by atoms with E-state index >= 15 is 0 Å². The summed E-state index contributed by atoms with van der Waals surface area (Å²) in [6.07, 6.45) is 1.97. The molecule has 0 amide bonds. The number of aliphatic hydroxyl groups excluding tert-OH is 1. The quantitative estimate of drug-likeness (QED) is 0.944. The van der Waals surface area contributed by atoms with E-state index in [-0.39, 0.29) is 0 Å². The predicted molar refractivity (Wildman–Crippen MR) is 66.4 cm³/mol. The first kappa shape index (κ1) is 11.8. The molecule has 0 saturated carbocycles. The van der Waals surface area contributed by atoms with Crippen LogP contribution in [0.15, 0.2) is 21.6 Å². The summed E-state index contributed by atoms with van der Waals surface area (Å²) in [6, 6.07) is 0. The van der Waals surface area contributed by atoms with Gasteiger partial charge in [0.15, 0.2) is 0 Å². The molecule has 0 bridgehead atoms. The van der Waals surface area contributed by atoms with E-state index in [0.717, 1.165) is 23.1 Å². The fourth-order valence-corrected chi connectivity index (χ4v) is 2.62. The largest absolute Gasteiger partial charge is 0.380 e. The number of halogens is 1. The highest BCUT2D eigenvalue weighted by Gasteiger charge is 2.20. The molecule has 0 radical (unpaired) electrons. The van der Waals surface area contributed by atoms with Gasteiger partial charge in [0.25, 0.3) is 0 Å². The molecule has 2 aromatic rings. The van der Waals surface area contributed by atoms with E-state index in [1.54, 1.807) is 11.7 Å². The average molecular weight is 302 g/mol. The van der Waals surface area contributed by atoms with Gasteiger partial charge < -0.3 is 5.11 Å². The van der Waals surface area contributed by atoms with Crippen molar-refractivity contribution in [2.24, 2.45) is 0 Å². The third-order valence-corrected chi connectivity index (χ3v) is 3.47. The molecule has 0 aliphatic rings. The summed E-state index contributed by atoms with van der Waals surface area (Å²) >= 11 is 4.88. The average Bonchev–Trinajstić information content (AvgIpc) is 2.88. The van der Waals surface area contributed by atoms with Gasteiger partial charge in [0.1, 0.15) is 6.10 Å². The van der Waals surface area contributed by atoms with Crippen molar-refractivity contribution in [3.63, 3.8) is 0 Å². The normalized spacial score (nSPS) is 12.9. The minimum absolute atomic E-state index is 0.670. The molecule has 86 valence electrons. The molecule has 0 aromatic carbocycles. The van der Waals surface area contributed by atoms with Crippen molar-refractivity contribution in [2.75, 3.05) is 0 Å². The van der Waals surface area contributed by atoms with Crippen molar-refractivity contribution in [1.29, 1.82) is 0 Å². The Bertz CT molecular complexity index is 455. The Morgan fingerprint density at radius 1 is 1.62 bits per heavy atom. The van der Waals surface area contributed by atoms with Gasteiger partial charge in [-0.25, -0.2) is 4.98 Å². The van der Waals surface area contributed by atoms with Gasteiger partial charge in [0, 0.05) is 11.9 Å². The van der Waals surface area contributed by atoms with E-state index < -0.39 is 6.10 Å². The fourth-order valence-electron chi connectivity index (χ4n) is 1.53. The van der Waals surface area contributed by atoms with Crippen molar-refractivity contribution >= 4 is 27.3 Å². The lowest BCUT2D eigenvalue weighted by Gasteiger charge is -2.11. The number of rotatable bonds is 4. The molecule has 2 rings (SSSR count). The van der Waals surface area contributed by atoms with Gasteiger partial charge in [-0.3, -0.25) is 4.68 Å². The Morgan fingerprint density at radius 2 is 2.44 bits per heavy atom. The smallest absolute Gasteiger partial charge is 0.139 e. The maximum atomic E-state index is 10.2. The van der Waals surface area contributed by atoms with Crippen molar-refractivity contribution in [3.05, 3.63) is 32.9 Å². The van der Waals surface area contributed by atoms with Crippen LogP contribution in [0.25, 0.3) is 0 Å². The zero-order valence-electron chi connectivity index (χ0n) is 8.80. The highest BCUT2D eigenvalue weighted by atomic mass is 79.9. The number of nitrogens with zero attached hydrogens (tertiary/aromatic N) is 3. The molecule has 4 nitrogen and oxygen atoms in total. The zero-order chi connectivity index (χ0) is 11.5. The number of aromatic nitrogens is 3. The first-order chi connectivity index (χ1) is 7.74. The van der Waals surface area contributed by atoms with Gasteiger partial charge in [-0.15, -0.1) is 11.3 Å². The summed E-state index contributed by atoms with van der Waals surface area (Å²) in [5.74, 6) is 0. The molecule has 16 heavy (non-hydrogen) atoms. The predicted octanol–water partition coefficient (Wildman–Crippen LogP) is 2.59. The molecule has 0 saturated heterocycles. The van der Waals surface area contributed by atoms with E-state index in [1.165, 1.54) is 11.3 Å². The first-order valence-electron chi connectivity index (χ1n) is 5.01. The summed E-state index contributed by atoms with van der Waals surface area (Å²) in [4.78, 5) is 4.12. The van der Waals surface area contributed by atoms with Crippen LogP contribution in [0.4, 0.5) is 0 Å². The van der Waals surface area contributed by atoms with E-state index in [9.17, 15) is 5.11 Å². The van der Waals surface area contributed by atoms with Gasteiger partial charge in [-0.1, -0.05) is 6.92 Å². The summed E-state index contributed by atoms with van der Waals surface area (Å²) < 4.78 is 2.63. The zero-order valence-corrected chi connectivity index (χ0v) is 11.2. The SMILES string of the molecule is CCCn1ncc(Br)c1C(O)c1cscn1. The van der Waals surface area contributed by atoms with Gasteiger partial charge >= 0.3 is 0 Å². The van der Waals surface area contributed by atoms with Crippen molar-refractivity contribution in [2.45, 2.75) is 26.0 Å². The van der Waals surface area contributed by atoms with Crippen LogP contribution in [0.1, 0.15) is 30.8 Å². The summed E-state index contributed by atoms with van der Waals surface area (Å²) in [7, 11) is 0. The van der Waals surface area contributed by atoms with Crippen LogP contribution in [0.3, 0.4) is 0 Å². The maximum Gasteiger partial charge on any atom is 0.139 e. The number of aliphatic hydroxyl groups is 1. The Labute approximate surface area is 106 Å². The van der Waals surface area contributed by atoms with Crippen LogP contribution in [0, 0.1) is 0 Å². The topological polar surface area (TPSA) is 50.9 Å². The highest BCUT2D eigenvalue weighted by molar-refractivity contribution is 9.10. The summed E-state index contributed by atoms with van der Waals surface area (Å²) in [5, 5.41) is 16.3. The van der Waals surface area contributed by atoms with Gasteiger partial charge in [0.05, 0.1) is 27.6 Å². The number of hydrogen-bond acceptors (Lipinski definition) is 4. The molecule has 0 spiro atoms. The van der Waals surface area contributed by atoms with Crippen LogP contribution in [0.5, 0.6) is 0 Å². The third kappa shape index (κ3) is 2.18. The Hall–Kier alpha value is -0.720. The third-order valence-electron chi connectivity index (χ3n) is 2.26. The van der Waals surface area contributed by atoms with Crippen LogP contribution < -0.4 is 0 Å². The molecule has 0 aliphatic carbocycles. The molecular weight excluding hydrogens is 290 g/mol. The monoisotopic (exact) mass is 301 g/mol. The number of aryl methyl sites for hydroxylation is 1. The maximum absolute atomic E-state index is 10.2. The Kier molecular flexibility index (Phi) is 3.73. The molecule has 1 unspecified atom stereocenters. The van der Waals surface area contributed by atoms with E-state index in [4.69, 9.17) is 0 Å². The van der Waals surface area contributed by atoms with Crippen LogP contribution in [0.2, 0.25) is 0 Å². The van der Waals surface area contributed by atoms with Gasteiger partial charge in [-0.05, 0) is 22.4 Å². The minimum atomic E-state index is -0.713. The summed E-state index contributed by atoms with van der Waals surface area (Å²) in [6.45, 7) is 2.87. The van der Waals surface area contributed by atoms with Gasteiger partial charge in [0.2, 0.25) is 0 Å². The van der Waals surface area contributed by atoms with Crippen molar-refractivity contribution in [3.8, 4) is 0 Å². The van der Waals surface area contributed by atoms with E-state index in [1.807, 2.05) is 10.1 Å². The molecule has 0 aliphatic heterocycles. The molecule has 2 aromatic heterocycles. The highest BCUT2D eigenvalue weighted by Crippen LogP contribution is 2.28. The lowest BCUT2D eigenvalue weighted by Crippen LogP contribution is -2.10. The number of hydrogen-bond donors (Lipinski definition) is 1. The van der Waals surface area contributed by atoms with Gasteiger partial charge in [-0.2, -0.15) is 5.10 Å². The molecule has 0 fully saturated rings. The van der Waals surface area contributed by atoms with E-state index in [0.29, 0.717) is 5.69 Å². The lowest BCUT2D eigenvalue weighted by molar-refractivity contribution is 0.202. The summed E-state index contributed by atoms with van der Waals surface area (Å²) in [5.41, 5.74) is 3.16. The standard InChI is InChI=1S/C10H12BrN3OS/c1-2-3-14-9(7(11)4-13-14)10(15)8-5-16-6-12-8/h4-6,10,15H,2-3H2,1H3. The minimum Gasteiger partial charge on any atom is -0.380 e. The lowest BCUT2D eigenvalue weighted by atomic mass is 10.2.